The molecule has 1 atom stereocenters. The third kappa shape index (κ3) is 8.03. The molecule has 0 saturated heterocycles. The fraction of sp³-hybridized carbons (Fsp3) is 0.400. The average Bonchev–Trinajstić information content (AvgIpc) is 3.27. The molecule has 0 bridgehead atoms. The van der Waals surface area contributed by atoms with Crippen molar-refractivity contribution in [2.75, 3.05) is 20.2 Å². The summed E-state index contributed by atoms with van der Waals surface area (Å²) in [6.07, 6.45) is 3.53. The molecule has 8 heteroatoms. The zero-order valence-electron chi connectivity index (χ0n) is 19.9. The molecule has 0 amide bonds. The monoisotopic (exact) mass is 562 g/mol. The first kappa shape index (κ1) is 26.6. The van der Waals surface area contributed by atoms with Crippen molar-refractivity contribution in [3.63, 3.8) is 0 Å². The van der Waals surface area contributed by atoms with Gasteiger partial charge in [0.1, 0.15) is 17.9 Å². The molecular weight excluding hydrogens is 527 g/mol. The summed E-state index contributed by atoms with van der Waals surface area (Å²) in [7, 11) is 1.71. The molecule has 7 nitrogen and oxygen atoms in total. The summed E-state index contributed by atoms with van der Waals surface area (Å²) in [6, 6.07) is 16.7. The second-order valence-corrected chi connectivity index (χ2v) is 7.80. The molecule has 3 rings (SSSR count). The van der Waals surface area contributed by atoms with E-state index in [9.17, 15) is 0 Å². The number of aromatic nitrogens is 3. The van der Waals surface area contributed by atoms with E-state index >= 15 is 0 Å². The first-order valence-corrected chi connectivity index (χ1v) is 11.2. The van der Waals surface area contributed by atoms with Crippen LogP contribution in [0.4, 0.5) is 0 Å². The van der Waals surface area contributed by atoms with Gasteiger partial charge in [0.25, 0.3) is 0 Å². The summed E-state index contributed by atoms with van der Waals surface area (Å²) in [5, 5.41) is 15.2. The Kier molecular flexibility index (Phi) is 11.2. The van der Waals surface area contributed by atoms with Gasteiger partial charge in [-0.1, -0.05) is 55.0 Å². The van der Waals surface area contributed by atoms with Crippen molar-refractivity contribution in [2.45, 2.75) is 46.2 Å². The minimum absolute atomic E-state index is 0. The Balaban J connectivity index is 0.00000385. The van der Waals surface area contributed by atoms with Gasteiger partial charge in [0.2, 0.25) is 0 Å². The van der Waals surface area contributed by atoms with Gasteiger partial charge in [-0.25, -0.2) is 0 Å². The van der Waals surface area contributed by atoms with Gasteiger partial charge < -0.3 is 19.9 Å². The van der Waals surface area contributed by atoms with Crippen LogP contribution in [-0.4, -0.2) is 40.9 Å². The van der Waals surface area contributed by atoms with Crippen molar-refractivity contribution < 1.29 is 4.74 Å². The van der Waals surface area contributed by atoms with Crippen LogP contribution < -0.4 is 15.4 Å². The van der Waals surface area contributed by atoms with E-state index in [4.69, 9.17) is 9.73 Å². The number of halogens is 1. The van der Waals surface area contributed by atoms with E-state index in [1.165, 1.54) is 11.1 Å². The standard InChI is InChI=1S/C25H34N6O.HI/c1-5-24-30-28-18-31(24)16-15-27-25(26-14-13-21-9-7-6-8-10-21)29-20(3)22-17-19(2)11-12-23(22)32-4;/h6-12,17-18,20H,5,13-16H2,1-4H3,(H2,26,27,29);1H. The van der Waals surface area contributed by atoms with E-state index in [0.717, 1.165) is 49.0 Å². The number of guanidine groups is 1. The van der Waals surface area contributed by atoms with Crippen molar-refractivity contribution in [1.82, 2.24) is 25.4 Å². The van der Waals surface area contributed by atoms with Crippen molar-refractivity contribution in [3.05, 3.63) is 77.4 Å². The lowest BCUT2D eigenvalue weighted by Crippen LogP contribution is -2.40. The van der Waals surface area contributed by atoms with Crippen LogP contribution in [0.25, 0.3) is 0 Å². The molecule has 0 spiro atoms. The van der Waals surface area contributed by atoms with Gasteiger partial charge in [-0.15, -0.1) is 34.2 Å². The highest BCUT2D eigenvalue weighted by atomic mass is 127. The molecule has 3 aromatic rings. The Hall–Kier alpha value is -2.62. The maximum atomic E-state index is 5.58. The second-order valence-electron chi connectivity index (χ2n) is 7.80. The number of benzene rings is 2. The van der Waals surface area contributed by atoms with Crippen molar-refractivity contribution in [3.8, 4) is 5.75 Å². The lowest BCUT2D eigenvalue weighted by atomic mass is 10.0. The van der Waals surface area contributed by atoms with Crippen LogP contribution in [-0.2, 0) is 19.4 Å². The SMILES string of the molecule is CCc1nncn1CCNC(=NCCc1ccccc1)NC(C)c1cc(C)ccc1OC.I. The average molecular weight is 563 g/mol. The maximum absolute atomic E-state index is 5.58. The second kappa shape index (κ2) is 13.8. The topological polar surface area (TPSA) is 76.4 Å². The van der Waals surface area contributed by atoms with Gasteiger partial charge in [0, 0.05) is 31.6 Å². The smallest absolute Gasteiger partial charge is 0.191 e. The molecule has 0 aliphatic carbocycles. The number of nitrogens with zero attached hydrogens (tertiary/aromatic N) is 4. The maximum Gasteiger partial charge on any atom is 0.191 e. The van der Waals surface area contributed by atoms with Gasteiger partial charge in [-0.3, -0.25) is 4.99 Å². The predicted molar refractivity (Wildman–Crippen MR) is 145 cm³/mol. The summed E-state index contributed by atoms with van der Waals surface area (Å²) >= 11 is 0. The van der Waals surface area contributed by atoms with Crippen LogP contribution in [0.3, 0.4) is 0 Å². The molecule has 1 heterocycles. The molecule has 1 unspecified atom stereocenters. The van der Waals surface area contributed by atoms with Gasteiger partial charge in [-0.05, 0) is 31.9 Å². The molecule has 0 aliphatic heterocycles. The minimum Gasteiger partial charge on any atom is -0.496 e. The third-order valence-electron chi connectivity index (χ3n) is 5.38. The van der Waals surface area contributed by atoms with Crippen LogP contribution in [0.2, 0.25) is 0 Å². The van der Waals surface area contributed by atoms with E-state index in [1.807, 2.05) is 12.1 Å². The normalized spacial score (nSPS) is 12.1. The highest BCUT2D eigenvalue weighted by molar-refractivity contribution is 14.0. The Labute approximate surface area is 214 Å². The van der Waals surface area contributed by atoms with Gasteiger partial charge in [0.15, 0.2) is 5.96 Å². The fourth-order valence-corrected chi connectivity index (χ4v) is 3.60. The zero-order valence-corrected chi connectivity index (χ0v) is 22.2. The van der Waals surface area contributed by atoms with Crippen LogP contribution in [0.15, 0.2) is 59.9 Å². The third-order valence-corrected chi connectivity index (χ3v) is 5.38. The molecule has 0 radical (unpaired) electrons. The number of methoxy groups -OCH3 is 1. The highest BCUT2D eigenvalue weighted by Crippen LogP contribution is 2.25. The number of hydrogen-bond acceptors (Lipinski definition) is 4. The van der Waals surface area contributed by atoms with Crippen LogP contribution >= 0.6 is 24.0 Å². The number of nitrogens with one attached hydrogen (secondary N) is 2. The molecule has 0 fully saturated rings. The predicted octanol–water partition coefficient (Wildman–Crippen LogP) is 4.31. The minimum atomic E-state index is 0. The van der Waals surface area contributed by atoms with Gasteiger partial charge in [-0.2, -0.15) is 0 Å². The van der Waals surface area contributed by atoms with Crippen LogP contribution in [0, 0.1) is 6.92 Å². The molecule has 33 heavy (non-hydrogen) atoms. The molecule has 0 saturated carbocycles. The highest BCUT2D eigenvalue weighted by Gasteiger charge is 2.13. The van der Waals surface area contributed by atoms with E-state index < -0.39 is 0 Å². The van der Waals surface area contributed by atoms with Crippen LogP contribution in [0.1, 0.15) is 42.4 Å². The fourth-order valence-electron chi connectivity index (χ4n) is 3.60. The number of ether oxygens (including phenoxy) is 1. The quantitative estimate of drug-likeness (QED) is 0.219. The molecule has 2 aromatic carbocycles. The number of aryl methyl sites for hydroxylation is 2. The van der Waals surface area contributed by atoms with E-state index in [0.29, 0.717) is 6.54 Å². The largest absolute Gasteiger partial charge is 0.496 e. The van der Waals surface area contributed by atoms with Gasteiger partial charge in [0.05, 0.1) is 13.2 Å². The first-order valence-electron chi connectivity index (χ1n) is 11.2. The Morgan fingerprint density at radius 2 is 1.97 bits per heavy atom. The lowest BCUT2D eigenvalue weighted by Gasteiger charge is -2.21. The summed E-state index contributed by atoms with van der Waals surface area (Å²) in [5.74, 6) is 2.64. The Morgan fingerprint density at radius 1 is 1.18 bits per heavy atom. The molecular formula is C25H35IN6O. The molecule has 2 N–H and O–H groups in total. The Bertz CT molecular complexity index is 1010. The van der Waals surface area contributed by atoms with Crippen molar-refractivity contribution in [1.29, 1.82) is 0 Å². The van der Waals surface area contributed by atoms with E-state index in [2.05, 4.69) is 82.6 Å². The molecule has 1 aromatic heterocycles. The summed E-state index contributed by atoms with van der Waals surface area (Å²) < 4.78 is 7.65. The van der Waals surface area contributed by atoms with Crippen molar-refractivity contribution in [2.24, 2.45) is 4.99 Å². The first-order chi connectivity index (χ1) is 15.6. The van der Waals surface area contributed by atoms with Gasteiger partial charge >= 0.3 is 0 Å². The Morgan fingerprint density at radius 3 is 2.70 bits per heavy atom. The van der Waals surface area contributed by atoms with Crippen molar-refractivity contribution >= 4 is 29.9 Å². The van der Waals surface area contributed by atoms with Crippen LogP contribution in [0.5, 0.6) is 5.75 Å². The number of rotatable bonds is 10. The zero-order chi connectivity index (χ0) is 22.8. The summed E-state index contributed by atoms with van der Waals surface area (Å²) in [5.41, 5.74) is 3.59. The summed E-state index contributed by atoms with van der Waals surface area (Å²) in [4.78, 5) is 4.84. The molecule has 0 aliphatic rings. The number of hydrogen-bond donors (Lipinski definition) is 2. The van der Waals surface area contributed by atoms with E-state index in [1.54, 1.807) is 13.4 Å². The molecule has 178 valence electrons. The number of aliphatic imine (C=N–C) groups is 1. The summed E-state index contributed by atoms with van der Waals surface area (Å²) in [6.45, 7) is 8.50. The van der Waals surface area contributed by atoms with E-state index in [-0.39, 0.29) is 30.0 Å². The lowest BCUT2D eigenvalue weighted by molar-refractivity contribution is 0.405.